The molecule has 4 nitrogen and oxygen atoms in total. The zero-order valence-corrected chi connectivity index (χ0v) is 19.5. The molecule has 0 unspecified atom stereocenters. The summed E-state index contributed by atoms with van der Waals surface area (Å²) in [7, 11) is 0. The van der Waals surface area contributed by atoms with Gasteiger partial charge in [0.05, 0.1) is 5.69 Å². The molecule has 0 saturated heterocycles. The summed E-state index contributed by atoms with van der Waals surface area (Å²) >= 11 is 7.14. The Balaban J connectivity index is 0.00000676. The van der Waals surface area contributed by atoms with Crippen LogP contribution in [0.25, 0.3) is 0 Å². The number of thiocarbonyl (C=S) groups is 1. The maximum Gasteiger partial charge on any atom is 0.171 e. The van der Waals surface area contributed by atoms with Crippen LogP contribution in [0.15, 0.2) is 29.3 Å². The van der Waals surface area contributed by atoms with Crippen molar-refractivity contribution in [3.05, 3.63) is 29.8 Å². The summed E-state index contributed by atoms with van der Waals surface area (Å²) in [6.07, 6.45) is 1.45. The third-order valence-corrected chi connectivity index (χ3v) is 5.60. The molecular weight excluding hydrogens is 398 g/mol. The third-order valence-electron chi connectivity index (χ3n) is 4.13. The maximum atomic E-state index is 12.0. The first kappa shape index (κ1) is 25.9. The number of benzene rings is 1. The van der Waals surface area contributed by atoms with Gasteiger partial charge in [0.2, 0.25) is 0 Å². The fourth-order valence-electron chi connectivity index (χ4n) is 2.48. The number of amidine groups is 1. The lowest BCUT2D eigenvalue weighted by atomic mass is 10.1. The summed E-state index contributed by atoms with van der Waals surface area (Å²) in [6, 6.07) is 7.55. The predicted octanol–water partition coefficient (Wildman–Crippen LogP) is 5.78. The third kappa shape index (κ3) is 8.20. The first-order valence-corrected chi connectivity index (χ1v) is 10.7. The fraction of sp³-hybridized carbons (Fsp3) is 0.550. The summed E-state index contributed by atoms with van der Waals surface area (Å²) in [5.74, 6) is 0.184. The van der Waals surface area contributed by atoms with Gasteiger partial charge in [0.1, 0.15) is 4.32 Å². The highest BCUT2D eigenvalue weighted by atomic mass is 35.5. The molecule has 1 aromatic rings. The first-order chi connectivity index (χ1) is 12.5. The maximum absolute atomic E-state index is 12.0. The van der Waals surface area contributed by atoms with Crippen molar-refractivity contribution in [1.29, 1.82) is 0 Å². The molecular formula is C20H32ClN3OS2. The molecule has 0 aliphatic carbocycles. The molecule has 0 fully saturated rings. The second-order valence-corrected chi connectivity index (χ2v) is 7.43. The van der Waals surface area contributed by atoms with Crippen molar-refractivity contribution in [1.82, 2.24) is 9.80 Å². The van der Waals surface area contributed by atoms with Crippen LogP contribution in [0.4, 0.5) is 5.69 Å². The van der Waals surface area contributed by atoms with Gasteiger partial charge in [-0.05, 0) is 70.1 Å². The minimum absolute atomic E-state index is 0. The molecule has 1 aromatic carbocycles. The van der Waals surface area contributed by atoms with E-state index in [9.17, 15) is 4.79 Å². The largest absolute Gasteiger partial charge is 0.358 e. The number of carbonyl (C=O) groups is 1. The van der Waals surface area contributed by atoms with Crippen LogP contribution >= 0.6 is 36.4 Å². The van der Waals surface area contributed by atoms with Crippen LogP contribution < -0.4 is 0 Å². The van der Waals surface area contributed by atoms with E-state index in [4.69, 9.17) is 17.2 Å². The van der Waals surface area contributed by atoms with E-state index < -0.39 is 0 Å². The van der Waals surface area contributed by atoms with Gasteiger partial charge >= 0.3 is 0 Å². The van der Waals surface area contributed by atoms with Gasteiger partial charge < -0.3 is 9.80 Å². The van der Waals surface area contributed by atoms with Gasteiger partial charge in [-0.3, -0.25) is 4.79 Å². The van der Waals surface area contributed by atoms with E-state index in [1.807, 2.05) is 31.2 Å². The van der Waals surface area contributed by atoms with Crippen LogP contribution in [0.5, 0.6) is 0 Å². The summed E-state index contributed by atoms with van der Waals surface area (Å²) < 4.78 is 0.843. The molecule has 152 valence electrons. The first-order valence-electron chi connectivity index (χ1n) is 9.44. The summed E-state index contributed by atoms with van der Waals surface area (Å²) in [6.45, 7) is 14.0. The molecule has 0 radical (unpaired) electrons. The zero-order chi connectivity index (χ0) is 19.5. The van der Waals surface area contributed by atoms with E-state index in [1.165, 1.54) is 11.8 Å². The van der Waals surface area contributed by atoms with E-state index in [0.717, 1.165) is 53.3 Å². The number of nitrogens with zero attached hydrogens (tertiary/aromatic N) is 3. The monoisotopic (exact) mass is 429 g/mol. The van der Waals surface area contributed by atoms with Crippen LogP contribution in [0, 0.1) is 0 Å². The molecule has 0 amide bonds. The van der Waals surface area contributed by atoms with Gasteiger partial charge in [-0.2, -0.15) is 0 Å². The van der Waals surface area contributed by atoms with E-state index in [0.29, 0.717) is 6.42 Å². The van der Waals surface area contributed by atoms with Crippen LogP contribution in [0.3, 0.4) is 0 Å². The van der Waals surface area contributed by atoms with E-state index in [-0.39, 0.29) is 18.2 Å². The Hall–Kier alpha value is -1.11. The van der Waals surface area contributed by atoms with Crippen LogP contribution in [0.2, 0.25) is 0 Å². The molecule has 0 saturated carbocycles. The van der Waals surface area contributed by atoms with Crippen molar-refractivity contribution >= 4 is 57.3 Å². The second-order valence-electron chi connectivity index (χ2n) is 5.83. The Bertz CT molecular complexity index is 612. The minimum Gasteiger partial charge on any atom is -0.358 e. The highest BCUT2D eigenvalue weighted by molar-refractivity contribution is 8.32. The molecule has 0 N–H and O–H groups in total. The lowest BCUT2D eigenvalue weighted by molar-refractivity contribution is 0.0982. The molecule has 0 aromatic heterocycles. The van der Waals surface area contributed by atoms with E-state index in [2.05, 4.69) is 37.5 Å². The standard InChI is InChI=1S/C20H31N3OS2.ClH/c1-6-11-18(24)16-12-14-17(15-13-16)21-19(22(7-2)8-3)26-20(25)23(9-4)10-5;/h12-15H,6-11H2,1-5H3;1H. The van der Waals surface area contributed by atoms with Crippen molar-refractivity contribution in [2.45, 2.75) is 47.5 Å². The number of hydrogen-bond acceptors (Lipinski definition) is 4. The van der Waals surface area contributed by atoms with E-state index in [1.54, 1.807) is 0 Å². The Labute approximate surface area is 180 Å². The summed E-state index contributed by atoms with van der Waals surface area (Å²) in [5, 5.41) is 0.902. The van der Waals surface area contributed by atoms with Crippen molar-refractivity contribution in [2.24, 2.45) is 4.99 Å². The lowest BCUT2D eigenvalue weighted by Gasteiger charge is -2.26. The number of rotatable bonds is 8. The SMILES string of the molecule is CCCC(=O)c1ccc(N=C(SC(=S)N(CC)CC)N(CC)CC)cc1.Cl. The number of carbonyl (C=O) groups excluding carboxylic acids is 1. The Kier molecular flexibility index (Phi) is 13.4. The molecule has 0 aliphatic heterocycles. The molecule has 27 heavy (non-hydrogen) atoms. The number of hydrogen-bond donors (Lipinski definition) is 0. The second kappa shape index (κ2) is 14.0. The number of aliphatic imine (C=N–C) groups is 1. The minimum atomic E-state index is 0. The van der Waals surface area contributed by atoms with Gasteiger partial charge in [-0.1, -0.05) is 19.1 Å². The van der Waals surface area contributed by atoms with Gasteiger partial charge in [0.25, 0.3) is 0 Å². The summed E-state index contributed by atoms with van der Waals surface area (Å²) in [5.41, 5.74) is 1.59. The van der Waals surface area contributed by atoms with Crippen molar-refractivity contribution in [3.63, 3.8) is 0 Å². The zero-order valence-electron chi connectivity index (χ0n) is 17.0. The molecule has 1 rings (SSSR count). The average molecular weight is 430 g/mol. The fourth-order valence-corrected chi connectivity index (χ4v) is 4.04. The average Bonchev–Trinajstić information content (AvgIpc) is 2.64. The molecule has 0 atom stereocenters. The van der Waals surface area contributed by atoms with Crippen molar-refractivity contribution in [2.75, 3.05) is 26.2 Å². The summed E-state index contributed by atoms with van der Waals surface area (Å²) in [4.78, 5) is 21.2. The number of halogens is 1. The molecule has 0 bridgehead atoms. The predicted molar refractivity (Wildman–Crippen MR) is 126 cm³/mol. The number of Topliss-reactive ketones (excluding diaryl/α,β-unsaturated/α-hetero) is 1. The van der Waals surface area contributed by atoms with Gasteiger partial charge in [0.15, 0.2) is 11.0 Å². The Morgan fingerprint density at radius 3 is 1.93 bits per heavy atom. The Morgan fingerprint density at radius 2 is 1.48 bits per heavy atom. The van der Waals surface area contributed by atoms with Crippen molar-refractivity contribution in [3.8, 4) is 0 Å². The van der Waals surface area contributed by atoms with Gasteiger partial charge in [0, 0.05) is 38.2 Å². The smallest absolute Gasteiger partial charge is 0.171 e. The van der Waals surface area contributed by atoms with Crippen LogP contribution in [-0.2, 0) is 0 Å². The van der Waals surface area contributed by atoms with Crippen molar-refractivity contribution < 1.29 is 4.79 Å². The highest BCUT2D eigenvalue weighted by Gasteiger charge is 2.15. The Morgan fingerprint density at radius 1 is 0.963 bits per heavy atom. The highest BCUT2D eigenvalue weighted by Crippen LogP contribution is 2.21. The van der Waals surface area contributed by atoms with Gasteiger partial charge in [-0.15, -0.1) is 12.4 Å². The van der Waals surface area contributed by atoms with Crippen LogP contribution in [-0.4, -0.2) is 51.3 Å². The van der Waals surface area contributed by atoms with Crippen LogP contribution in [0.1, 0.15) is 57.8 Å². The quantitative estimate of drug-likeness (QED) is 0.226. The molecule has 7 heteroatoms. The normalized spacial score (nSPS) is 10.9. The topological polar surface area (TPSA) is 35.9 Å². The van der Waals surface area contributed by atoms with Gasteiger partial charge in [-0.25, -0.2) is 4.99 Å². The lowest BCUT2D eigenvalue weighted by Crippen LogP contribution is -2.33. The van der Waals surface area contributed by atoms with E-state index >= 15 is 0 Å². The molecule has 0 aliphatic rings. The number of ketones is 1. The molecule has 0 heterocycles. The number of thioether (sulfide) groups is 1. The molecule has 0 spiro atoms.